The summed E-state index contributed by atoms with van der Waals surface area (Å²) in [4.78, 5) is 30.4. The summed E-state index contributed by atoms with van der Waals surface area (Å²) in [6, 6.07) is 5.68. The van der Waals surface area contributed by atoms with Crippen LogP contribution in [-0.4, -0.2) is 39.9 Å². The number of hydrogen-bond donors (Lipinski definition) is 1. The molecule has 1 N–H and O–H groups in total. The number of carbonyl (C=O) groups is 2. The zero-order chi connectivity index (χ0) is 19.4. The third-order valence-electron chi connectivity index (χ3n) is 4.88. The van der Waals surface area contributed by atoms with Crippen LogP contribution in [0.3, 0.4) is 0 Å². The number of aromatic nitrogens is 2. The van der Waals surface area contributed by atoms with Crippen molar-refractivity contribution in [1.29, 1.82) is 0 Å². The fourth-order valence-electron chi connectivity index (χ4n) is 3.13. The Balaban J connectivity index is 1.68. The molecule has 27 heavy (non-hydrogen) atoms. The molecule has 0 atom stereocenters. The minimum absolute atomic E-state index is 0.0271. The summed E-state index contributed by atoms with van der Waals surface area (Å²) >= 11 is 0. The zero-order valence-corrected chi connectivity index (χ0v) is 15.7. The maximum atomic E-state index is 12.7. The van der Waals surface area contributed by atoms with Gasteiger partial charge in [-0.05, 0) is 43.5 Å². The number of aryl methyl sites for hydroxylation is 2. The molecule has 1 aliphatic rings. The summed E-state index contributed by atoms with van der Waals surface area (Å²) in [7, 11) is 0. The fourth-order valence-corrected chi connectivity index (χ4v) is 3.13. The van der Waals surface area contributed by atoms with Gasteiger partial charge in [-0.2, -0.15) is 4.98 Å². The second-order valence-electron chi connectivity index (χ2n) is 6.69. The molecule has 2 aromatic rings. The van der Waals surface area contributed by atoms with E-state index in [1.54, 1.807) is 4.90 Å². The second kappa shape index (κ2) is 8.16. The summed E-state index contributed by atoms with van der Waals surface area (Å²) < 4.78 is 5.28. The fraction of sp³-hybridized carbons (Fsp3) is 0.400. The first-order valence-corrected chi connectivity index (χ1v) is 9.17. The maximum Gasteiger partial charge on any atom is 0.257 e. The highest BCUT2D eigenvalue weighted by molar-refractivity contribution is 5.94. The van der Waals surface area contributed by atoms with E-state index in [9.17, 15) is 9.59 Å². The monoisotopic (exact) mass is 368 g/mol. The van der Waals surface area contributed by atoms with E-state index < -0.39 is 0 Å². The number of likely N-dealkylation sites (tertiary alicyclic amines) is 1. The number of carbonyl (C=O) groups excluding carboxylic acids is 2. The molecule has 142 valence electrons. The highest BCUT2D eigenvalue weighted by Crippen LogP contribution is 2.26. The Labute approximate surface area is 158 Å². The first-order valence-electron chi connectivity index (χ1n) is 9.17. The largest absolute Gasteiger partial charge is 0.339 e. The predicted molar refractivity (Wildman–Crippen MR) is 102 cm³/mol. The highest BCUT2D eigenvalue weighted by Gasteiger charge is 2.26. The van der Waals surface area contributed by atoms with Gasteiger partial charge in [0.1, 0.15) is 0 Å². The molecule has 2 heterocycles. The van der Waals surface area contributed by atoms with E-state index in [0.717, 1.165) is 16.8 Å². The summed E-state index contributed by atoms with van der Waals surface area (Å²) in [5, 5.41) is 6.93. The predicted octanol–water partition coefficient (Wildman–Crippen LogP) is 2.97. The minimum atomic E-state index is -0.114. The molecule has 0 saturated carbocycles. The van der Waals surface area contributed by atoms with Crippen LogP contribution in [0.4, 0.5) is 5.69 Å². The number of amides is 2. The average Bonchev–Trinajstić information content (AvgIpc) is 3.18. The van der Waals surface area contributed by atoms with Gasteiger partial charge in [-0.1, -0.05) is 24.7 Å². The van der Waals surface area contributed by atoms with Crippen LogP contribution in [0.1, 0.15) is 31.2 Å². The Hall–Kier alpha value is -2.96. The normalized spacial score (nSPS) is 14.8. The number of piperidine rings is 1. The lowest BCUT2D eigenvalue weighted by molar-refractivity contribution is -0.130. The third kappa shape index (κ3) is 4.24. The number of rotatable bonds is 5. The molecular formula is C20H24N4O3. The average molecular weight is 368 g/mol. The molecule has 0 unspecified atom stereocenters. The topological polar surface area (TPSA) is 88.3 Å². The van der Waals surface area contributed by atoms with Crippen molar-refractivity contribution in [3.05, 3.63) is 42.2 Å². The van der Waals surface area contributed by atoms with Crippen LogP contribution in [-0.2, 0) is 16.0 Å². The quantitative estimate of drug-likeness (QED) is 0.820. The third-order valence-corrected chi connectivity index (χ3v) is 4.88. The van der Waals surface area contributed by atoms with Crippen molar-refractivity contribution in [3.63, 3.8) is 0 Å². The van der Waals surface area contributed by atoms with Gasteiger partial charge >= 0.3 is 0 Å². The Morgan fingerprint density at radius 2 is 2.11 bits per heavy atom. The lowest BCUT2D eigenvalue weighted by atomic mass is 9.95. The lowest BCUT2D eigenvalue weighted by Crippen LogP contribution is -2.40. The van der Waals surface area contributed by atoms with Gasteiger partial charge in [0, 0.05) is 36.7 Å². The molecule has 1 aromatic carbocycles. The van der Waals surface area contributed by atoms with E-state index in [0.29, 0.717) is 44.1 Å². The Morgan fingerprint density at radius 1 is 1.37 bits per heavy atom. The van der Waals surface area contributed by atoms with Crippen molar-refractivity contribution in [2.45, 2.75) is 33.1 Å². The van der Waals surface area contributed by atoms with Gasteiger partial charge in [0.25, 0.3) is 5.89 Å². The van der Waals surface area contributed by atoms with Gasteiger partial charge in [-0.25, -0.2) is 0 Å². The molecule has 3 rings (SSSR count). The SMILES string of the molecule is C=CC(=O)N1CCC(C(=O)Nc2cc(-c3nc(CC)no3)ccc2C)CC1. The van der Waals surface area contributed by atoms with Crippen LogP contribution in [0, 0.1) is 12.8 Å². The summed E-state index contributed by atoms with van der Waals surface area (Å²) in [6.07, 6.45) is 3.31. The van der Waals surface area contributed by atoms with E-state index in [-0.39, 0.29) is 17.7 Å². The van der Waals surface area contributed by atoms with Gasteiger partial charge in [-0.3, -0.25) is 9.59 Å². The Morgan fingerprint density at radius 3 is 2.74 bits per heavy atom. The van der Waals surface area contributed by atoms with Crippen LogP contribution in [0.5, 0.6) is 0 Å². The molecule has 1 aromatic heterocycles. The standard InChI is InChI=1S/C20H24N4O3/c1-4-17-22-20(27-23-17)15-7-6-13(3)16(12-15)21-19(26)14-8-10-24(11-9-14)18(25)5-2/h5-7,12,14H,2,4,8-11H2,1,3H3,(H,21,26). The van der Waals surface area contributed by atoms with Gasteiger partial charge in [0.2, 0.25) is 11.8 Å². The molecule has 7 heteroatoms. The molecule has 0 radical (unpaired) electrons. The number of nitrogens with zero attached hydrogens (tertiary/aromatic N) is 3. The zero-order valence-electron chi connectivity index (χ0n) is 15.7. The Bertz CT molecular complexity index is 851. The molecule has 7 nitrogen and oxygen atoms in total. The van der Waals surface area contributed by atoms with Crippen molar-refractivity contribution < 1.29 is 14.1 Å². The molecule has 1 fully saturated rings. The van der Waals surface area contributed by atoms with Gasteiger partial charge in [0.15, 0.2) is 5.82 Å². The van der Waals surface area contributed by atoms with Crippen molar-refractivity contribution in [2.75, 3.05) is 18.4 Å². The highest BCUT2D eigenvalue weighted by atomic mass is 16.5. The summed E-state index contributed by atoms with van der Waals surface area (Å²) in [5.41, 5.74) is 2.47. The molecule has 0 aliphatic carbocycles. The lowest BCUT2D eigenvalue weighted by Gasteiger charge is -2.30. The van der Waals surface area contributed by atoms with Crippen molar-refractivity contribution >= 4 is 17.5 Å². The number of hydrogen-bond acceptors (Lipinski definition) is 5. The number of benzene rings is 1. The van der Waals surface area contributed by atoms with Crippen LogP contribution < -0.4 is 5.32 Å². The second-order valence-corrected chi connectivity index (χ2v) is 6.69. The number of nitrogens with one attached hydrogen (secondary N) is 1. The van der Waals surface area contributed by atoms with Crippen LogP contribution in [0.25, 0.3) is 11.5 Å². The van der Waals surface area contributed by atoms with E-state index >= 15 is 0 Å². The van der Waals surface area contributed by atoms with Crippen molar-refractivity contribution in [2.24, 2.45) is 5.92 Å². The molecule has 0 bridgehead atoms. The van der Waals surface area contributed by atoms with E-state index in [1.165, 1.54) is 6.08 Å². The molecule has 2 amide bonds. The molecule has 1 aliphatic heterocycles. The summed E-state index contributed by atoms with van der Waals surface area (Å²) in [5.74, 6) is 0.872. The van der Waals surface area contributed by atoms with E-state index in [4.69, 9.17) is 4.52 Å². The smallest absolute Gasteiger partial charge is 0.257 e. The maximum absolute atomic E-state index is 12.7. The minimum Gasteiger partial charge on any atom is -0.339 e. The Kier molecular flexibility index (Phi) is 5.69. The first-order chi connectivity index (χ1) is 13.0. The van der Waals surface area contributed by atoms with Crippen molar-refractivity contribution in [3.8, 4) is 11.5 Å². The number of anilines is 1. The van der Waals surface area contributed by atoms with Crippen LogP contribution in [0.15, 0.2) is 35.4 Å². The van der Waals surface area contributed by atoms with Crippen LogP contribution >= 0.6 is 0 Å². The van der Waals surface area contributed by atoms with Gasteiger partial charge < -0.3 is 14.7 Å². The van der Waals surface area contributed by atoms with Crippen molar-refractivity contribution in [1.82, 2.24) is 15.0 Å². The van der Waals surface area contributed by atoms with Crippen LogP contribution in [0.2, 0.25) is 0 Å². The van der Waals surface area contributed by atoms with E-state index in [2.05, 4.69) is 22.0 Å². The van der Waals surface area contributed by atoms with E-state index in [1.807, 2.05) is 32.0 Å². The molecule has 1 saturated heterocycles. The van der Waals surface area contributed by atoms with Gasteiger partial charge in [-0.15, -0.1) is 0 Å². The summed E-state index contributed by atoms with van der Waals surface area (Å²) in [6.45, 7) is 8.56. The molecular weight excluding hydrogens is 344 g/mol. The first kappa shape index (κ1) is 18.8. The van der Waals surface area contributed by atoms with Gasteiger partial charge in [0.05, 0.1) is 0 Å². The molecule has 0 spiro atoms.